The van der Waals surface area contributed by atoms with Crippen molar-refractivity contribution in [2.45, 2.75) is 19.3 Å². The van der Waals surface area contributed by atoms with Gasteiger partial charge in [-0.25, -0.2) is 0 Å². The van der Waals surface area contributed by atoms with Crippen LogP contribution in [0.15, 0.2) is 18.2 Å². The van der Waals surface area contributed by atoms with Gasteiger partial charge in [-0.1, -0.05) is 0 Å². The molecule has 0 aromatic heterocycles. The van der Waals surface area contributed by atoms with Gasteiger partial charge in [0, 0.05) is 12.1 Å². The molecule has 3 N–H and O–H groups in total. The molecular formula is C14H22N2O3. The first-order valence-electron chi connectivity index (χ1n) is 6.39. The lowest BCUT2D eigenvalue weighted by atomic mass is 10.1. The van der Waals surface area contributed by atoms with Gasteiger partial charge in [0.25, 0.3) is 0 Å². The summed E-state index contributed by atoms with van der Waals surface area (Å²) >= 11 is 0. The number of benzene rings is 1. The molecule has 0 bridgehead atoms. The van der Waals surface area contributed by atoms with E-state index in [1.807, 2.05) is 12.1 Å². The molecule has 1 amide bonds. The van der Waals surface area contributed by atoms with Crippen LogP contribution in [0.25, 0.3) is 0 Å². The quantitative estimate of drug-likeness (QED) is 0.691. The summed E-state index contributed by atoms with van der Waals surface area (Å²) in [5.41, 5.74) is 6.21. The lowest BCUT2D eigenvalue weighted by molar-refractivity contribution is -0.120. The normalized spacial score (nSPS) is 10.1. The van der Waals surface area contributed by atoms with Crippen molar-refractivity contribution in [3.8, 4) is 11.5 Å². The molecular weight excluding hydrogens is 244 g/mol. The highest BCUT2D eigenvalue weighted by molar-refractivity contribution is 5.79. The van der Waals surface area contributed by atoms with Crippen LogP contribution in [0.5, 0.6) is 11.5 Å². The van der Waals surface area contributed by atoms with E-state index >= 15 is 0 Å². The maximum Gasteiger partial charge on any atom is 0.224 e. The Morgan fingerprint density at radius 1 is 1.26 bits per heavy atom. The van der Waals surface area contributed by atoms with Crippen LogP contribution in [0.3, 0.4) is 0 Å². The van der Waals surface area contributed by atoms with Gasteiger partial charge in [-0.3, -0.25) is 4.79 Å². The first-order chi connectivity index (χ1) is 9.21. The zero-order chi connectivity index (χ0) is 14.1. The summed E-state index contributed by atoms with van der Waals surface area (Å²) < 4.78 is 10.4. The molecule has 0 saturated carbocycles. The van der Waals surface area contributed by atoms with E-state index in [1.165, 1.54) is 0 Å². The Morgan fingerprint density at radius 3 is 2.68 bits per heavy atom. The van der Waals surface area contributed by atoms with Crippen molar-refractivity contribution in [2.75, 3.05) is 27.3 Å². The van der Waals surface area contributed by atoms with Crippen LogP contribution in [-0.4, -0.2) is 33.2 Å². The number of methoxy groups -OCH3 is 2. The highest BCUT2D eigenvalue weighted by Crippen LogP contribution is 2.24. The minimum Gasteiger partial charge on any atom is -0.497 e. The average molecular weight is 266 g/mol. The number of carbonyl (C=O) groups excluding carboxylic acids is 1. The molecule has 0 aliphatic carbocycles. The van der Waals surface area contributed by atoms with E-state index in [4.69, 9.17) is 15.2 Å². The van der Waals surface area contributed by atoms with Gasteiger partial charge in [0.15, 0.2) is 0 Å². The second-order valence-electron chi connectivity index (χ2n) is 4.20. The van der Waals surface area contributed by atoms with Crippen LogP contribution in [-0.2, 0) is 11.2 Å². The third-order valence-corrected chi connectivity index (χ3v) is 2.79. The Labute approximate surface area is 114 Å². The predicted molar refractivity (Wildman–Crippen MR) is 74.5 cm³/mol. The Kier molecular flexibility index (Phi) is 6.74. The molecule has 0 aliphatic heterocycles. The monoisotopic (exact) mass is 266 g/mol. The number of ether oxygens (including phenoxy) is 2. The topological polar surface area (TPSA) is 73.6 Å². The number of hydrogen-bond acceptors (Lipinski definition) is 4. The van der Waals surface area contributed by atoms with Gasteiger partial charge in [0.1, 0.15) is 11.5 Å². The van der Waals surface area contributed by atoms with Crippen molar-refractivity contribution in [1.29, 1.82) is 0 Å². The summed E-state index contributed by atoms with van der Waals surface area (Å²) in [4.78, 5) is 11.8. The molecule has 0 heterocycles. The van der Waals surface area contributed by atoms with Crippen LogP contribution in [0.4, 0.5) is 0 Å². The van der Waals surface area contributed by atoms with Gasteiger partial charge in [-0.2, -0.15) is 0 Å². The molecule has 5 heteroatoms. The van der Waals surface area contributed by atoms with Crippen LogP contribution in [0.1, 0.15) is 18.4 Å². The number of hydrogen-bond donors (Lipinski definition) is 2. The van der Waals surface area contributed by atoms with E-state index < -0.39 is 0 Å². The zero-order valence-electron chi connectivity index (χ0n) is 11.6. The number of unbranched alkanes of at least 4 members (excludes halogenated alkanes) is 1. The molecule has 0 atom stereocenters. The van der Waals surface area contributed by atoms with E-state index in [0.29, 0.717) is 24.6 Å². The molecule has 19 heavy (non-hydrogen) atoms. The summed E-state index contributed by atoms with van der Waals surface area (Å²) in [7, 11) is 3.18. The minimum absolute atomic E-state index is 0.0245. The second-order valence-corrected chi connectivity index (χ2v) is 4.20. The van der Waals surface area contributed by atoms with Crippen LogP contribution in [0.2, 0.25) is 0 Å². The van der Waals surface area contributed by atoms with E-state index in [2.05, 4.69) is 5.32 Å². The highest BCUT2D eigenvalue weighted by atomic mass is 16.5. The molecule has 0 saturated heterocycles. The van der Waals surface area contributed by atoms with Gasteiger partial charge in [-0.15, -0.1) is 0 Å². The average Bonchev–Trinajstić information content (AvgIpc) is 2.43. The Hall–Kier alpha value is -1.75. The van der Waals surface area contributed by atoms with Crippen molar-refractivity contribution in [1.82, 2.24) is 5.32 Å². The van der Waals surface area contributed by atoms with Crippen LogP contribution < -0.4 is 20.5 Å². The first kappa shape index (κ1) is 15.3. The van der Waals surface area contributed by atoms with E-state index in [9.17, 15) is 4.79 Å². The largest absolute Gasteiger partial charge is 0.497 e. The smallest absolute Gasteiger partial charge is 0.224 e. The molecule has 0 radical (unpaired) electrons. The summed E-state index contributed by atoms with van der Waals surface area (Å²) in [6.45, 7) is 1.31. The number of nitrogens with one attached hydrogen (secondary N) is 1. The third kappa shape index (κ3) is 5.18. The summed E-state index contributed by atoms with van der Waals surface area (Å²) in [5.74, 6) is 1.38. The zero-order valence-corrected chi connectivity index (χ0v) is 11.6. The SMILES string of the molecule is COc1ccc(OC)c(CC(=O)NCCCCN)c1. The molecule has 1 aromatic carbocycles. The van der Waals surface area contributed by atoms with Crippen molar-refractivity contribution in [3.05, 3.63) is 23.8 Å². The van der Waals surface area contributed by atoms with Gasteiger partial charge in [0.2, 0.25) is 5.91 Å². The van der Waals surface area contributed by atoms with E-state index in [-0.39, 0.29) is 12.3 Å². The first-order valence-corrected chi connectivity index (χ1v) is 6.39. The summed E-state index contributed by atoms with van der Waals surface area (Å²) in [6.07, 6.45) is 2.10. The fourth-order valence-corrected chi connectivity index (χ4v) is 1.75. The molecule has 0 spiro atoms. The Balaban J connectivity index is 2.56. The molecule has 0 unspecified atom stereocenters. The number of amides is 1. The lowest BCUT2D eigenvalue weighted by Crippen LogP contribution is -2.26. The maximum atomic E-state index is 11.8. The number of rotatable bonds is 8. The van der Waals surface area contributed by atoms with Crippen molar-refractivity contribution in [3.63, 3.8) is 0 Å². The molecule has 0 aliphatic rings. The van der Waals surface area contributed by atoms with Crippen molar-refractivity contribution < 1.29 is 14.3 Å². The molecule has 5 nitrogen and oxygen atoms in total. The molecule has 106 valence electrons. The molecule has 1 rings (SSSR count). The van der Waals surface area contributed by atoms with Crippen LogP contribution >= 0.6 is 0 Å². The predicted octanol–water partition coefficient (Wildman–Crippen LogP) is 1.10. The number of nitrogens with two attached hydrogens (primary N) is 1. The second kappa shape index (κ2) is 8.37. The summed E-state index contributed by atoms with van der Waals surface area (Å²) in [5, 5.41) is 2.86. The maximum absolute atomic E-state index is 11.8. The van der Waals surface area contributed by atoms with E-state index in [1.54, 1.807) is 20.3 Å². The van der Waals surface area contributed by atoms with Gasteiger partial charge in [-0.05, 0) is 37.6 Å². The standard InChI is InChI=1S/C14H22N2O3/c1-18-12-5-6-13(19-2)11(9-12)10-14(17)16-8-4-3-7-15/h5-6,9H,3-4,7-8,10,15H2,1-2H3,(H,16,17). The third-order valence-electron chi connectivity index (χ3n) is 2.79. The lowest BCUT2D eigenvalue weighted by Gasteiger charge is -2.10. The van der Waals surface area contributed by atoms with Crippen molar-refractivity contribution >= 4 is 5.91 Å². The fourth-order valence-electron chi connectivity index (χ4n) is 1.75. The van der Waals surface area contributed by atoms with Gasteiger partial charge < -0.3 is 20.5 Å². The van der Waals surface area contributed by atoms with Crippen LogP contribution in [0, 0.1) is 0 Å². The highest BCUT2D eigenvalue weighted by Gasteiger charge is 2.09. The van der Waals surface area contributed by atoms with Gasteiger partial charge in [0.05, 0.1) is 20.6 Å². The Morgan fingerprint density at radius 2 is 2.05 bits per heavy atom. The Bertz CT molecular complexity index is 408. The van der Waals surface area contributed by atoms with E-state index in [0.717, 1.165) is 18.4 Å². The van der Waals surface area contributed by atoms with Gasteiger partial charge >= 0.3 is 0 Å². The van der Waals surface area contributed by atoms with Crippen molar-refractivity contribution in [2.24, 2.45) is 5.73 Å². The minimum atomic E-state index is -0.0245. The number of carbonyl (C=O) groups is 1. The fraction of sp³-hybridized carbons (Fsp3) is 0.500. The molecule has 0 fully saturated rings. The molecule has 1 aromatic rings. The summed E-state index contributed by atoms with van der Waals surface area (Å²) in [6, 6.07) is 5.43.